The molecule has 0 aliphatic heterocycles. The average molecular weight is 401 g/mol. The molecule has 0 aromatic carbocycles. The number of hydrazine groups is 1. The smallest absolute Gasteiger partial charge is 0.256 e. The highest BCUT2D eigenvalue weighted by atomic mass is 16.2. The Labute approximate surface area is 166 Å². The SMILES string of the molecule is CC(C)C[C@H](NC(=O)[C@H](N)C(C)C)C(=O)N[C@@H](CCCN=C(N)N)C(=O)NN. The summed E-state index contributed by atoms with van der Waals surface area (Å²) in [5, 5.41) is 5.32. The number of nitrogens with two attached hydrogens (primary N) is 4. The van der Waals surface area contributed by atoms with Crippen molar-refractivity contribution in [3.05, 3.63) is 0 Å². The molecule has 0 aromatic heterocycles. The van der Waals surface area contributed by atoms with Crippen LogP contribution in [0.3, 0.4) is 0 Å². The van der Waals surface area contributed by atoms with Gasteiger partial charge >= 0.3 is 0 Å². The quantitative estimate of drug-likeness (QED) is 0.0491. The Bertz CT molecular complexity index is 547. The van der Waals surface area contributed by atoms with E-state index in [1.807, 2.05) is 33.1 Å². The van der Waals surface area contributed by atoms with E-state index in [-0.39, 0.29) is 24.2 Å². The van der Waals surface area contributed by atoms with Crippen LogP contribution in [0, 0.1) is 11.8 Å². The van der Waals surface area contributed by atoms with Crippen molar-refractivity contribution < 1.29 is 14.4 Å². The first-order valence-corrected chi connectivity index (χ1v) is 9.41. The molecule has 0 fully saturated rings. The lowest BCUT2D eigenvalue weighted by Crippen LogP contribution is -2.57. The number of hydrogen-bond donors (Lipinski definition) is 7. The molecule has 0 radical (unpaired) electrons. The first kappa shape index (κ1) is 25.6. The number of amides is 3. The fourth-order valence-corrected chi connectivity index (χ4v) is 2.42. The van der Waals surface area contributed by atoms with Gasteiger partial charge in [0.15, 0.2) is 5.96 Å². The topological polar surface area (TPSA) is 204 Å². The maximum absolute atomic E-state index is 12.7. The van der Waals surface area contributed by atoms with Gasteiger partial charge in [-0.2, -0.15) is 0 Å². The Balaban J connectivity index is 5.11. The average Bonchev–Trinajstić information content (AvgIpc) is 2.61. The molecule has 11 N–H and O–H groups in total. The Morgan fingerprint density at radius 1 is 0.929 bits per heavy atom. The molecule has 0 spiro atoms. The number of hydrogen-bond acceptors (Lipinski definition) is 6. The van der Waals surface area contributed by atoms with Gasteiger partial charge in [-0.05, 0) is 31.1 Å². The molecule has 28 heavy (non-hydrogen) atoms. The predicted molar refractivity (Wildman–Crippen MR) is 108 cm³/mol. The minimum absolute atomic E-state index is 0.0509. The number of nitrogens with zero attached hydrogens (tertiary/aromatic N) is 1. The molecular formula is C17H36N8O3. The highest BCUT2D eigenvalue weighted by Gasteiger charge is 2.28. The maximum Gasteiger partial charge on any atom is 0.256 e. The summed E-state index contributed by atoms with van der Waals surface area (Å²) >= 11 is 0. The van der Waals surface area contributed by atoms with Crippen molar-refractivity contribution in [3.8, 4) is 0 Å². The van der Waals surface area contributed by atoms with Crippen molar-refractivity contribution in [2.24, 2.45) is 39.9 Å². The van der Waals surface area contributed by atoms with Gasteiger partial charge in [0.2, 0.25) is 11.8 Å². The summed E-state index contributed by atoms with van der Waals surface area (Å²) in [5.41, 5.74) is 18.4. The molecule has 0 bridgehead atoms. The van der Waals surface area contributed by atoms with E-state index < -0.39 is 35.8 Å². The summed E-state index contributed by atoms with van der Waals surface area (Å²) in [6.45, 7) is 7.80. The lowest BCUT2D eigenvalue weighted by molar-refractivity contribution is -0.133. The van der Waals surface area contributed by atoms with E-state index in [2.05, 4.69) is 15.6 Å². The van der Waals surface area contributed by atoms with Crippen LogP contribution in [-0.2, 0) is 14.4 Å². The predicted octanol–water partition coefficient (Wildman–Crippen LogP) is -1.97. The summed E-state index contributed by atoms with van der Waals surface area (Å²) in [6.07, 6.45) is 1.13. The van der Waals surface area contributed by atoms with Crippen LogP contribution in [0.25, 0.3) is 0 Å². The van der Waals surface area contributed by atoms with Crippen molar-refractivity contribution in [2.45, 2.75) is 65.1 Å². The second-order valence-corrected chi connectivity index (χ2v) is 7.48. The molecule has 3 atom stereocenters. The van der Waals surface area contributed by atoms with E-state index in [1.165, 1.54) is 0 Å². The van der Waals surface area contributed by atoms with E-state index in [0.29, 0.717) is 19.4 Å². The van der Waals surface area contributed by atoms with Crippen LogP contribution in [0.5, 0.6) is 0 Å². The number of rotatable bonds is 12. The van der Waals surface area contributed by atoms with Crippen LogP contribution in [0.15, 0.2) is 4.99 Å². The van der Waals surface area contributed by atoms with Gasteiger partial charge in [-0.15, -0.1) is 0 Å². The zero-order valence-corrected chi connectivity index (χ0v) is 17.2. The lowest BCUT2D eigenvalue weighted by Gasteiger charge is -2.25. The van der Waals surface area contributed by atoms with Crippen LogP contribution in [0.1, 0.15) is 47.0 Å². The molecule has 0 saturated carbocycles. The van der Waals surface area contributed by atoms with E-state index in [9.17, 15) is 14.4 Å². The minimum Gasteiger partial charge on any atom is -0.370 e. The van der Waals surface area contributed by atoms with Gasteiger partial charge in [-0.3, -0.25) is 24.8 Å². The summed E-state index contributed by atoms with van der Waals surface area (Å²) in [7, 11) is 0. The normalized spacial score (nSPS) is 14.1. The largest absolute Gasteiger partial charge is 0.370 e. The summed E-state index contributed by atoms with van der Waals surface area (Å²) in [4.78, 5) is 40.8. The highest BCUT2D eigenvalue weighted by Crippen LogP contribution is 2.08. The molecule has 0 unspecified atom stereocenters. The molecule has 0 heterocycles. The van der Waals surface area contributed by atoms with Crippen molar-refractivity contribution in [2.75, 3.05) is 6.54 Å². The highest BCUT2D eigenvalue weighted by molar-refractivity contribution is 5.92. The maximum atomic E-state index is 12.7. The first-order valence-electron chi connectivity index (χ1n) is 9.41. The Morgan fingerprint density at radius 2 is 1.50 bits per heavy atom. The molecule has 0 rings (SSSR count). The fourth-order valence-electron chi connectivity index (χ4n) is 2.42. The van der Waals surface area contributed by atoms with Crippen LogP contribution in [0.2, 0.25) is 0 Å². The van der Waals surface area contributed by atoms with Gasteiger partial charge in [0, 0.05) is 6.54 Å². The number of nitrogens with one attached hydrogen (secondary N) is 3. The molecule has 11 nitrogen and oxygen atoms in total. The van der Waals surface area contributed by atoms with Crippen molar-refractivity contribution >= 4 is 23.7 Å². The Morgan fingerprint density at radius 3 is 1.96 bits per heavy atom. The first-order chi connectivity index (χ1) is 13.0. The molecule has 0 aromatic rings. The van der Waals surface area contributed by atoms with Crippen LogP contribution in [-0.4, -0.2) is 48.4 Å². The van der Waals surface area contributed by atoms with E-state index in [0.717, 1.165) is 0 Å². The van der Waals surface area contributed by atoms with Crippen molar-refractivity contribution in [3.63, 3.8) is 0 Å². The minimum atomic E-state index is -0.878. The summed E-state index contributed by atoms with van der Waals surface area (Å²) in [6, 6.07) is -2.43. The third-order valence-corrected chi connectivity index (χ3v) is 4.08. The number of aliphatic imine (C=N–C) groups is 1. The molecule has 11 heteroatoms. The number of guanidine groups is 1. The molecule has 3 amide bonds. The van der Waals surface area contributed by atoms with Crippen LogP contribution in [0.4, 0.5) is 0 Å². The second kappa shape index (κ2) is 12.9. The van der Waals surface area contributed by atoms with Gasteiger partial charge in [0.1, 0.15) is 12.1 Å². The zero-order valence-electron chi connectivity index (χ0n) is 17.2. The van der Waals surface area contributed by atoms with Gasteiger partial charge in [0.05, 0.1) is 6.04 Å². The molecule has 162 valence electrons. The lowest BCUT2D eigenvalue weighted by atomic mass is 10.00. The second-order valence-electron chi connectivity index (χ2n) is 7.48. The fraction of sp³-hybridized carbons (Fsp3) is 0.765. The van der Waals surface area contributed by atoms with E-state index in [4.69, 9.17) is 23.0 Å². The molecular weight excluding hydrogens is 364 g/mol. The van der Waals surface area contributed by atoms with Crippen LogP contribution < -0.4 is 39.1 Å². The zero-order chi connectivity index (χ0) is 21.9. The Kier molecular flexibility index (Phi) is 11.8. The third kappa shape index (κ3) is 10.1. The van der Waals surface area contributed by atoms with Gasteiger partial charge < -0.3 is 27.8 Å². The van der Waals surface area contributed by atoms with Gasteiger partial charge in [-0.25, -0.2) is 5.84 Å². The molecule has 0 aliphatic rings. The van der Waals surface area contributed by atoms with E-state index in [1.54, 1.807) is 0 Å². The number of carbonyl (C=O) groups excluding carboxylic acids is 3. The molecule has 0 aliphatic carbocycles. The van der Waals surface area contributed by atoms with Crippen molar-refractivity contribution in [1.82, 2.24) is 16.1 Å². The van der Waals surface area contributed by atoms with Crippen LogP contribution >= 0.6 is 0 Å². The third-order valence-electron chi connectivity index (χ3n) is 4.08. The van der Waals surface area contributed by atoms with Crippen molar-refractivity contribution in [1.29, 1.82) is 0 Å². The standard InChI is InChI=1S/C17H36N8O3/c1-9(2)8-12(24-16(28)13(18)10(3)4)14(26)23-11(15(27)25-21)6-5-7-22-17(19)20/h9-13H,5-8,18,21H2,1-4H3,(H,23,26)(H,24,28)(H,25,27)(H4,19,20,22)/t11-,12-,13+/m0/s1. The summed E-state index contributed by atoms with van der Waals surface area (Å²) < 4.78 is 0. The van der Waals surface area contributed by atoms with Gasteiger partial charge in [0.25, 0.3) is 5.91 Å². The molecule has 0 saturated heterocycles. The Hall–Kier alpha value is -2.40. The number of carbonyl (C=O) groups is 3. The summed E-state index contributed by atoms with van der Waals surface area (Å²) in [5.74, 6) is 3.77. The van der Waals surface area contributed by atoms with E-state index >= 15 is 0 Å². The monoisotopic (exact) mass is 400 g/mol. The van der Waals surface area contributed by atoms with Gasteiger partial charge in [-0.1, -0.05) is 27.7 Å².